The zero-order valence-electron chi connectivity index (χ0n) is 17.2. The lowest BCUT2D eigenvalue weighted by Gasteiger charge is -2.39. The molecular formula is C25H32ClN3. The highest BCUT2D eigenvalue weighted by molar-refractivity contribution is 6.30. The van der Waals surface area contributed by atoms with Crippen molar-refractivity contribution >= 4 is 11.6 Å². The van der Waals surface area contributed by atoms with E-state index in [1.54, 1.807) is 0 Å². The topological polar surface area (TPSA) is 28.2 Å². The number of fused-ring (bicyclic) bond motifs is 2. The summed E-state index contributed by atoms with van der Waals surface area (Å²) >= 11 is 6.34. The normalized spacial score (nSPS) is 24.0. The Hall–Kier alpha value is -1.42. The van der Waals surface area contributed by atoms with Crippen molar-refractivity contribution in [2.24, 2.45) is 11.8 Å². The van der Waals surface area contributed by atoms with Gasteiger partial charge in [-0.05, 0) is 111 Å². The minimum absolute atomic E-state index is 0.358. The van der Waals surface area contributed by atoms with E-state index in [0.717, 1.165) is 36.2 Å². The first-order chi connectivity index (χ1) is 14.3. The predicted molar refractivity (Wildman–Crippen MR) is 120 cm³/mol. The van der Waals surface area contributed by atoms with Gasteiger partial charge in [0.2, 0.25) is 0 Å². The second kappa shape index (κ2) is 8.75. The quantitative estimate of drug-likeness (QED) is 0.797. The van der Waals surface area contributed by atoms with Gasteiger partial charge in [0.15, 0.2) is 0 Å². The molecule has 1 N–H and O–H groups in total. The van der Waals surface area contributed by atoms with Gasteiger partial charge in [-0.3, -0.25) is 4.98 Å². The third-order valence-electron chi connectivity index (χ3n) is 7.52. The minimum Gasteiger partial charge on any atom is -0.317 e. The molecule has 0 bridgehead atoms. The van der Waals surface area contributed by atoms with Gasteiger partial charge in [-0.2, -0.15) is 0 Å². The molecule has 0 spiro atoms. The van der Waals surface area contributed by atoms with E-state index in [1.165, 1.54) is 74.2 Å². The minimum atomic E-state index is 0.358. The van der Waals surface area contributed by atoms with E-state index in [9.17, 15) is 0 Å². The Bertz CT molecular complexity index is 838. The SMILES string of the molecule is Clc1ccc2c(c1)CCc1cccnc1C2CN1CCC(C2CCNCC2)CC1. The number of aryl methyl sites for hydroxylation is 2. The first kappa shape index (κ1) is 19.5. The molecule has 29 heavy (non-hydrogen) atoms. The molecule has 0 radical (unpaired) electrons. The first-order valence-corrected chi connectivity index (χ1v) is 11.8. The summed E-state index contributed by atoms with van der Waals surface area (Å²) in [4.78, 5) is 7.57. The van der Waals surface area contributed by atoms with Crippen molar-refractivity contribution < 1.29 is 0 Å². The van der Waals surface area contributed by atoms with E-state index < -0.39 is 0 Å². The van der Waals surface area contributed by atoms with Gasteiger partial charge >= 0.3 is 0 Å². The molecule has 0 saturated carbocycles. The van der Waals surface area contributed by atoms with Crippen molar-refractivity contribution in [2.45, 2.75) is 44.4 Å². The average Bonchev–Trinajstić information content (AvgIpc) is 2.92. The number of halogens is 1. The van der Waals surface area contributed by atoms with Crippen LogP contribution in [-0.4, -0.2) is 42.6 Å². The molecule has 3 nitrogen and oxygen atoms in total. The molecule has 1 aromatic carbocycles. The number of hydrogen-bond acceptors (Lipinski definition) is 3. The summed E-state index contributed by atoms with van der Waals surface area (Å²) in [5.74, 6) is 2.23. The molecule has 2 aliphatic heterocycles. The van der Waals surface area contributed by atoms with Gasteiger partial charge < -0.3 is 10.2 Å². The van der Waals surface area contributed by atoms with Crippen LogP contribution in [0.2, 0.25) is 5.02 Å². The molecule has 1 atom stereocenters. The summed E-state index contributed by atoms with van der Waals surface area (Å²) in [6.07, 6.45) is 9.56. The monoisotopic (exact) mass is 409 g/mol. The summed E-state index contributed by atoms with van der Waals surface area (Å²) < 4.78 is 0. The fourth-order valence-corrected chi connectivity index (χ4v) is 6.08. The third-order valence-corrected chi connectivity index (χ3v) is 7.76. The number of likely N-dealkylation sites (tertiary alicyclic amines) is 1. The van der Waals surface area contributed by atoms with Crippen molar-refractivity contribution in [2.75, 3.05) is 32.7 Å². The fraction of sp³-hybridized carbons (Fsp3) is 0.560. The van der Waals surface area contributed by atoms with Gasteiger partial charge in [0, 0.05) is 23.7 Å². The highest BCUT2D eigenvalue weighted by atomic mass is 35.5. The standard InChI is InChI=1S/C25H32ClN3/c26-22-5-6-23-21(16-22)4-3-20-2-1-11-28-25(20)24(23)17-29-14-9-19(10-15-29)18-7-12-27-13-8-18/h1-2,5-6,11,16,18-19,24,27H,3-4,7-10,12-15,17H2. The molecule has 1 aliphatic carbocycles. The summed E-state index contributed by atoms with van der Waals surface area (Å²) in [6, 6.07) is 10.9. The lowest BCUT2D eigenvalue weighted by Crippen LogP contribution is -2.41. The van der Waals surface area contributed by atoms with Crippen LogP contribution >= 0.6 is 11.6 Å². The van der Waals surface area contributed by atoms with Crippen LogP contribution < -0.4 is 5.32 Å². The lowest BCUT2D eigenvalue weighted by molar-refractivity contribution is 0.128. The molecule has 0 amide bonds. The predicted octanol–water partition coefficient (Wildman–Crippen LogP) is 4.68. The maximum Gasteiger partial charge on any atom is 0.0523 e. The number of aromatic nitrogens is 1. The molecule has 5 rings (SSSR count). The van der Waals surface area contributed by atoms with Gasteiger partial charge in [-0.15, -0.1) is 0 Å². The van der Waals surface area contributed by atoms with Crippen LogP contribution in [0.15, 0.2) is 36.5 Å². The second-order valence-electron chi connectivity index (χ2n) is 9.17. The van der Waals surface area contributed by atoms with Crippen LogP contribution in [-0.2, 0) is 12.8 Å². The Labute approximate surface area is 179 Å². The lowest BCUT2D eigenvalue weighted by atomic mass is 9.79. The number of nitrogens with zero attached hydrogens (tertiary/aromatic N) is 2. The van der Waals surface area contributed by atoms with E-state index in [-0.39, 0.29) is 0 Å². The zero-order valence-corrected chi connectivity index (χ0v) is 18.0. The molecular weight excluding hydrogens is 378 g/mol. The molecule has 4 heteroatoms. The van der Waals surface area contributed by atoms with Gasteiger partial charge in [0.25, 0.3) is 0 Å². The van der Waals surface area contributed by atoms with Crippen LogP contribution in [0.4, 0.5) is 0 Å². The fourth-order valence-electron chi connectivity index (χ4n) is 5.89. The maximum atomic E-state index is 6.34. The van der Waals surface area contributed by atoms with Crippen molar-refractivity contribution in [3.8, 4) is 0 Å². The molecule has 154 valence electrons. The van der Waals surface area contributed by atoms with Crippen LogP contribution in [0.5, 0.6) is 0 Å². The molecule has 2 aromatic rings. The smallest absolute Gasteiger partial charge is 0.0523 e. The second-order valence-corrected chi connectivity index (χ2v) is 9.61. The molecule has 3 aliphatic rings. The van der Waals surface area contributed by atoms with Crippen LogP contribution in [0, 0.1) is 11.8 Å². The van der Waals surface area contributed by atoms with Gasteiger partial charge in [-0.25, -0.2) is 0 Å². The van der Waals surface area contributed by atoms with E-state index in [4.69, 9.17) is 16.6 Å². The van der Waals surface area contributed by atoms with Crippen LogP contribution in [0.3, 0.4) is 0 Å². The highest BCUT2D eigenvalue weighted by Gasteiger charge is 2.31. The maximum absolute atomic E-state index is 6.34. The van der Waals surface area contributed by atoms with E-state index in [2.05, 4.69) is 40.5 Å². The van der Waals surface area contributed by atoms with Gasteiger partial charge in [0.1, 0.15) is 0 Å². The molecule has 2 fully saturated rings. The zero-order chi connectivity index (χ0) is 19.6. The van der Waals surface area contributed by atoms with E-state index in [1.807, 2.05) is 6.20 Å². The summed E-state index contributed by atoms with van der Waals surface area (Å²) in [5, 5.41) is 4.37. The number of piperidine rings is 2. The Morgan fingerprint density at radius 1 is 0.966 bits per heavy atom. The van der Waals surface area contributed by atoms with Crippen LogP contribution in [0.25, 0.3) is 0 Å². The molecule has 1 aromatic heterocycles. The van der Waals surface area contributed by atoms with Crippen molar-refractivity contribution in [3.05, 3.63) is 63.9 Å². The van der Waals surface area contributed by atoms with Crippen molar-refractivity contribution in [1.29, 1.82) is 0 Å². The number of rotatable bonds is 3. The van der Waals surface area contributed by atoms with Gasteiger partial charge in [-0.1, -0.05) is 23.7 Å². The number of hydrogen-bond donors (Lipinski definition) is 1. The molecule has 3 heterocycles. The first-order valence-electron chi connectivity index (χ1n) is 11.4. The third kappa shape index (κ3) is 4.23. The number of nitrogens with one attached hydrogen (secondary N) is 1. The van der Waals surface area contributed by atoms with E-state index in [0.29, 0.717) is 5.92 Å². The van der Waals surface area contributed by atoms with E-state index >= 15 is 0 Å². The summed E-state index contributed by atoms with van der Waals surface area (Å²) in [5.41, 5.74) is 5.54. The highest BCUT2D eigenvalue weighted by Crippen LogP contribution is 2.37. The van der Waals surface area contributed by atoms with Crippen molar-refractivity contribution in [3.63, 3.8) is 0 Å². The summed E-state index contributed by atoms with van der Waals surface area (Å²) in [6.45, 7) is 5.98. The largest absolute Gasteiger partial charge is 0.317 e. The Morgan fingerprint density at radius 3 is 2.55 bits per heavy atom. The number of pyridine rings is 1. The Kier molecular flexibility index (Phi) is 5.90. The van der Waals surface area contributed by atoms with Crippen LogP contribution in [0.1, 0.15) is 54.0 Å². The molecule has 2 saturated heterocycles. The average molecular weight is 410 g/mol. The summed E-state index contributed by atoms with van der Waals surface area (Å²) in [7, 11) is 0. The Morgan fingerprint density at radius 2 is 1.72 bits per heavy atom. The number of benzene rings is 1. The van der Waals surface area contributed by atoms with Gasteiger partial charge in [0.05, 0.1) is 5.69 Å². The van der Waals surface area contributed by atoms with Crippen molar-refractivity contribution in [1.82, 2.24) is 15.2 Å². The Balaban J connectivity index is 1.34. The molecule has 1 unspecified atom stereocenters.